The maximum atomic E-state index is 12.3. The largest absolute Gasteiger partial charge is 0.307 e. The number of amides is 1. The number of nitro groups is 1. The summed E-state index contributed by atoms with van der Waals surface area (Å²) >= 11 is 12.3. The minimum Gasteiger partial charge on any atom is -0.291 e. The van der Waals surface area contributed by atoms with Gasteiger partial charge in [0.2, 0.25) is 5.95 Å². The van der Waals surface area contributed by atoms with Crippen LogP contribution in [0.3, 0.4) is 0 Å². The number of carbonyl (C=O) groups is 1. The van der Waals surface area contributed by atoms with Crippen molar-refractivity contribution in [1.82, 2.24) is 24.5 Å². The van der Waals surface area contributed by atoms with Crippen LogP contribution in [0.4, 0.5) is 11.6 Å². The fraction of sp³-hybridized carbons (Fsp3) is 0.200. The molecule has 1 aromatic carbocycles. The lowest BCUT2D eigenvalue weighted by Gasteiger charge is -2.10. The fourth-order valence-electron chi connectivity index (χ4n) is 2.24. The first-order valence-electron chi connectivity index (χ1n) is 7.67. The van der Waals surface area contributed by atoms with E-state index in [1.807, 2.05) is 0 Å². The third kappa shape index (κ3) is 4.23. The Bertz CT molecular complexity index is 981. The molecule has 1 unspecified atom stereocenters. The lowest BCUT2D eigenvalue weighted by molar-refractivity contribution is -0.385. The van der Waals surface area contributed by atoms with E-state index in [1.165, 1.54) is 21.9 Å². The summed E-state index contributed by atoms with van der Waals surface area (Å²) in [4.78, 5) is 26.4. The summed E-state index contributed by atoms with van der Waals surface area (Å²) in [5.41, 5.74) is 0.481. The Balaban J connectivity index is 1.67. The molecule has 2 heterocycles. The number of aromatic nitrogens is 5. The second-order valence-corrected chi connectivity index (χ2v) is 6.38. The predicted molar refractivity (Wildman–Crippen MR) is 97.8 cm³/mol. The molecule has 140 valence electrons. The number of anilines is 1. The Morgan fingerprint density at radius 3 is 2.70 bits per heavy atom. The average Bonchev–Trinajstić information content (AvgIpc) is 3.27. The maximum absolute atomic E-state index is 12.3. The quantitative estimate of drug-likeness (QED) is 0.493. The summed E-state index contributed by atoms with van der Waals surface area (Å²) in [5, 5.41) is 22.2. The number of nitrogens with zero attached hydrogens (tertiary/aromatic N) is 6. The van der Waals surface area contributed by atoms with Gasteiger partial charge in [0.25, 0.3) is 5.91 Å². The van der Waals surface area contributed by atoms with Gasteiger partial charge in [-0.05, 0) is 19.1 Å². The number of benzene rings is 1. The van der Waals surface area contributed by atoms with E-state index in [9.17, 15) is 14.9 Å². The van der Waals surface area contributed by atoms with Gasteiger partial charge in [-0.15, -0.1) is 5.10 Å². The molecule has 3 rings (SSSR count). The van der Waals surface area contributed by atoms with E-state index >= 15 is 0 Å². The van der Waals surface area contributed by atoms with E-state index in [1.54, 1.807) is 25.1 Å². The Kier molecular flexibility index (Phi) is 5.38. The molecular weight excluding hydrogens is 397 g/mol. The van der Waals surface area contributed by atoms with Crippen LogP contribution >= 0.6 is 23.2 Å². The lowest BCUT2D eigenvalue weighted by Crippen LogP contribution is -2.24. The molecule has 2 aromatic heterocycles. The second-order valence-electron chi connectivity index (χ2n) is 5.57. The van der Waals surface area contributed by atoms with E-state index in [4.69, 9.17) is 23.2 Å². The molecule has 0 saturated heterocycles. The van der Waals surface area contributed by atoms with Gasteiger partial charge in [0.05, 0.1) is 11.5 Å². The first-order valence-corrected chi connectivity index (χ1v) is 8.42. The molecule has 1 N–H and O–H groups in total. The highest BCUT2D eigenvalue weighted by molar-refractivity contribution is 6.35. The summed E-state index contributed by atoms with van der Waals surface area (Å²) in [6, 6.07) is 4.38. The van der Waals surface area contributed by atoms with Crippen LogP contribution in [-0.4, -0.2) is 35.4 Å². The molecule has 0 saturated carbocycles. The maximum Gasteiger partial charge on any atom is 0.307 e. The molecule has 0 aliphatic heterocycles. The Morgan fingerprint density at radius 2 is 2.07 bits per heavy atom. The van der Waals surface area contributed by atoms with E-state index in [2.05, 4.69) is 20.5 Å². The van der Waals surface area contributed by atoms with Crippen LogP contribution in [0.1, 0.15) is 18.5 Å². The zero-order valence-electron chi connectivity index (χ0n) is 13.9. The van der Waals surface area contributed by atoms with Crippen LogP contribution in [0, 0.1) is 10.1 Å². The molecule has 1 amide bonds. The highest BCUT2D eigenvalue weighted by atomic mass is 35.5. The van der Waals surface area contributed by atoms with Crippen LogP contribution in [0.5, 0.6) is 0 Å². The van der Waals surface area contributed by atoms with Crippen molar-refractivity contribution >= 4 is 40.7 Å². The summed E-state index contributed by atoms with van der Waals surface area (Å²) in [5.74, 6) is -0.391. The molecule has 12 heteroatoms. The van der Waals surface area contributed by atoms with Crippen LogP contribution in [0.25, 0.3) is 0 Å². The zero-order valence-corrected chi connectivity index (χ0v) is 15.4. The fourth-order valence-corrected chi connectivity index (χ4v) is 2.76. The predicted octanol–water partition coefficient (Wildman–Crippen LogP) is 2.94. The van der Waals surface area contributed by atoms with E-state index in [0.717, 1.165) is 6.20 Å². The molecule has 10 nitrogen and oxygen atoms in total. The first kappa shape index (κ1) is 18.8. The monoisotopic (exact) mass is 409 g/mol. The van der Waals surface area contributed by atoms with E-state index in [-0.39, 0.29) is 18.2 Å². The third-order valence-electron chi connectivity index (χ3n) is 3.73. The number of nitrogens with one attached hydrogen (secondary N) is 1. The smallest absolute Gasteiger partial charge is 0.291 e. The van der Waals surface area contributed by atoms with Crippen LogP contribution in [0.2, 0.25) is 10.0 Å². The van der Waals surface area contributed by atoms with Gasteiger partial charge < -0.3 is 0 Å². The summed E-state index contributed by atoms with van der Waals surface area (Å²) < 4.78 is 2.67. The number of hydrogen-bond acceptors (Lipinski definition) is 6. The molecule has 0 bridgehead atoms. The Morgan fingerprint density at radius 1 is 1.37 bits per heavy atom. The SMILES string of the molecule is CC(C(=O)Nc1ncn(Cc2c(Cl)cccc2Cl)n1)n1cc([N+](=O)[O-])cn1. The van der Waals surface area contributed by atoms with Crippen LogP contribution < -0.4 is 5.32 Å². The minimum absolute atomic E-state index is 0.0803. The van der Waals surface area contributed by atoms with Crippen LogP contribution in [-0.2, 0) is 11.3 Å². The van der Waals surface area contributed by atoms with Gasteiger partial charge in [-0.1, -0.05) is 29.3 Å². The van der Waals surface area contributed by atoms with Crippen molar-refractivity contribution in [3.63, 3.8) is 0 Å². The standard InChI is InChI=1S/C15H13Cl2N7O3/c1-9(23-6-10(5-19-23)24(26)27)14(25)20-15-18-8-22(21-15)7-11-12(16)3-2-4-13(11)17/h2-6,8-9H,7H2,1H3,(H,20,21,25). The van der Waals surface area contributed by atoms with Crippen molar-refractivity contribution in [2.24, 2.45) is 0 Å². The second kappa shape index (κ2) is 7.72. The van der Waals surface area contributed by atoms with E-state index < -0.39 is 16.9 Å². The average molecular weight is 410 g/mol. The number of halogens is 2. The van der Waals surface area contributed by atoms with Crippen molar-refractivity contribution in [3.05, 3.63) is 62.6 Å². The summed E-state index contributed by atoms with van der Waals surface area (Å²) in [6.45, 7) is 1.83. The van der Waals surface area contributed by atoms with Gasteiger partial charge in [-0.3, -0.25) is 24.9 Å². The number of carbonyl (C=O) groups excluding carboxylic acids is 1. The van der Waals surface area contributed by atoms with Gasteiger partial charge >= 0.3 is 5.69 Å². The van der Waals surface area contributed by atoms with Crippen molar-refractivity contribution in [2.75, 3.05) is 5.32 Å². The van der Waals surface area contributed by atoms with Gasteiger partial charge in [0.1, 0.15) is 24.8 Å². The van der Waals surface area contributed by atoms with Crippen molar-refractivity contribution in [2.45, 2.75) is 19.5 Å². The first-order chi connectivity index (χ1) is 12.8. The van der Waals surface area contributed by atoms with Crippen LogP contribution in [0.15, 0.2) is 36.9 Å². The topological polar surface area (TPSA) is 121 Å². The molecule has 0 radical (unpaired) electrons. The van der Waals surface area contributed by atoms with Gasteiger partial charge in [0.15, 0.2) is 0 Å². The van der Waals surface area contributed by atoms with Gasteiger partial charge in [-0.2, -0.15) is 5.10 Å². The molecule has 0 spiro atoms. The van der Waals surface area contributed by atoms with Gasteiger partial charge in [-0.25, -0.2) is 9.67 Å². The molecule has 27 heavy (non-hydrogen) atoms. The number of rotatable bonds is 6. The van der Waals surface area contributed by atoms with Gasteiger partial charge in [0, 0.05) is 15.6 Å². The molecule has 0 fully saturated rings. The lowest BCUT2D eigenvalue weighted by atomic mass is 10.2. The molecule has 0 aliphatic carbocycles. The Hall–Kier alpha value is -2.98. The normalized spacial score (nSPS) is 12.0. The highest BCUT2D eigenvalue weighted by Crippen LogP contribution is 2.25. The Labute approximate surface area is 162 Å². The summed E-state index contributed by atoms with van der Waals surface area (Å²) in [7, 11) is 0. The third-order valence-corrected chi connectivity index (χ3v) is 4.44. The molecule has 3 aromatic rings. The van der Waals surface area contributed by atoms with Crippen molar-refractivity contribution in [3.8, 4) is 0 Å². The molecule has 0 aliphatic rings. The highest BCUT2D eigenvalue weighted by Gasteiger charge is 2.20. The summed E-state index contributed by atoms with van der Waals surface area (Å²) in [6.07, 6.45) is 3.68. The zero-order chi connectivity index (χ0) is 19.6. The minimum atomic E-state index is -0.788. The van der Waals surface area contributed by atoms with Crippen molar-refractivity contribution in [1.29, 1.82) is 0 Å². The number of hydrogen-bond donors (Lipinski definition) is 1. The van der Waals surface area contributed by atoms with E-state index in [0.29, 0.717) is 15.6 Å². The van der Waals surface area contributed by atoms with Crippen molar-refractivity contribution < 1.29 is 9.72 Å². The molecule has 1 atom stereocenters. The molecular formula is C15H13Cl2N7O3.